The fraction of sp³-hybridized carbons (Fsp3) is 0.150. The molecule has 0 aliphatic carbocycles. The van der Waals surface area contributed by atoms with Crippen LogP contribution in [0.25, 0.3) is 21.2 Å². The van der Waals surface area contributed by atoms with E-state index < -0.39 is 5.63 Å². The maximum Gasteiger partial charge on any atom is 0.336 e. The molecular formula is C20H16N2O4S. The van der Waals surface area contributed by atoms with E-state index in [4.69, 9.17) is 9.15 Å². The quantitative estimate of drug-likeness (QED) is 0.541. The second kappa shape index (κ2) is 6.85. The summed E-state index contributed by atoms with van der Waals surface area (Å²) >= 11 is 1.44. The number of carbonyl (C=O) groups excluding carboxylic acids is 1. The van der Waals surface area contributed by atoms with Gasteiger partial charge in [0.2, 0.25) is 0 Å². The molecule has 6 nitrogen and oxygen atoms in total. The van der Waals surface area contributed by atoms with Gasteiger partial charge in [-0.3, -0.25) is 10.1 Å². The van der Waals surface area contributed by atoms with Crippen molar-refractivity contribution in [2.75, 3.05) is 11.9 Å². The van der Waals surface area contributed by atoms with E-state index in [9.17, 15) is 9.59 Å². The zero-order chi connectivity index (χ0) is 19.0. The first-order valence-electron chi connectivity index (χ1n) is 8.33. The van der Waals surface area contributed by atoms with Gasteiger partial charge in [0.15, 0.2) is 11.7 Å². The predicted octanol–water partition coefficient (Wildman–Crippen LogP) is 4.04. The van der Waals surface area contributed by atoms with Gasteiger partial charge < -0.3 is 9.15 Å². The zero-order valence-corrected chi connectivity index (χ0v) is 15.6. The van der Waals surface area contributed by atoms with E-state index in [0.717, 1.165) is 26.7 Å². The average molecular weight is 380 g/mol. The molecular weight excluding hydrogens is 364 g/mol. The lowest BCUT2D eigenvalue weighted by Gasteiger charge is -2.06. The Morgan fingerprint density at radius 2 is 1.93 bits per heavy atom. The highest BCUT2D eigenvalue weighted by atomic mass is 32.1. The highest BCUT2D eigenvalue weighted by molar-refractivity contribution is 7.22. The molecule has 27 heavy (non-hydrogen) atoms. The van der Waals surface area contributed by atoms with E-state index in [1.54, 1.807) is 24.3 Å². The molecule has 0 atom stereocenters. The monoisotopic (exact) mass is 380 g/mol. The van der Waals surface area contributed by atoms with E-state index in [1.165, 1.54) is 17.4 Å². The summed E-state index contributed by atoms with van der Waals surface area (Å²) in [5, 5.41) is 4.10. The third-order valence-electron chi connectivity index (χ3n) is 4.15. The molecule has 1 N–H and O–H groups in total. The van der Waals surface area contributed by atoms with Crippen LogP contribution in [-0.4, -0.2) is 17.5 Å². The van der Waals surface area contributed by atoms with Gasteiger partial charge in [0.1, 0.15) is 11.3 Å². The maximum absolute atomic E-state index is 12.2. The fourth-order valence-corrected chi connectivity index (χ4v) is 3.78. The number of aromatic nitrogens is 1. The highest BCUT2D eigenvalue weighted by Gasteiger charge is 2.12. The molecule has 0 saturated heterocycles. The van der Waals surface area contributed by atoms with Crippen molar-refractivity contribution in [1.29, 1.82) is 0 Å². The number of nitrogens with zero attached hydrogens (tertiary/aromatic N) is 1. The third-order valence-corrected chi connectivity index (χ3v) is 5.26. The minimum atomic E-state index is -0.432. The second-order valence-electron chi connectivity index (χ2n) is 6.19. The Balaban J connectivity index is 1.46. The van der Waals surface area contributed by atoms with Gasteiger partial charge in [-0.1, -0.05) is 23.5 Å². The number of amides is 1. The number of nitrogens with one attached hydrogen (secondary N) is 1. The van der Waals surface area contributed by atoms with Crippen LogP contribution in [0.15, 0.2) is 51.7 Å². The summed E-state index contributed by atoms with van der Waals surface area (Å²) < 4.78 is 11.7. The first-order valence-corrected chi connectivity index (χ1v) is 9.14. The van der Waals surface area contributed by atoms with E-state index in [-0.39, 0.29) is 12.5 Å². The molecule has 4 aromatic rings. The summed E-state index contributed by atoms with van der Waals surface area (Å²) in [7, 11) is 0. The lowest BCUT2D eigenvalue weighted by atomic mass is 10.1. The van der Waals surface area contributed by atoms with Crippen LogP contribution in [0.2, 0.25) is 0 Å². The van der Waals surface area contributed by atoms with Crippen LogP contribution < -0.4 is 15.7 Å². The van der Waals surface area contributed by atoms with Gasteiger partial charge in [-0.05, 0) is 43.2 Å². The molecule has 0 radical (unpaired) electrons. The summed E-state index contributed by atoms with van der Waals surface area (Å²) in [6.45, 7) is 3.84. The van der Waals surface area contributed by atoms with Gasteiger partial charge in [0.25, 0.3) is 5.91 Å². The summed E-state index contributed by atoms with van der Waals surface area (Å²) in [5.41, 5.74) is 3.08. The van der Waals surface area contributed by atoms with Gasteiger partial charge in [0, 0.05) is 17.5 Å². The molecule has 0 saturated carbocycles. The number of benzene rings is 2. The molecule has 2 heterocycles. The minimum Gasteiger partial charge on any atom is -0.484 e. The van der Waals surface area contributed by atoms with Gasteiger partial charge in [-0.25, -0.2) is 9.78 Å². The van der Waals surface area contributed by atoms with Crippen LogP contribution in [0.1, 0.15) is 11.1 Å². The molecule has 0 spiro atoms. The van der Waals surface area contributed by atoms with Gasteiger partial charge in [0.05, 0.1) is 10.2 Å². The largest absolute Gasteiger partial charge is 0.484 e. The molecule has 7 heteroatoms. The number of aryl methyl sites for hydroxylation is 2. The SMILES string of the molecule is Cc1ccc(C)c2sc(NC(=O)COc3ccc4ccc(=O)oc4c3)nc12. The first-order chi connectivity index (χ1) is 13.0. The van der Waals surface area contributed by atoms with Crippen molar-refractivity contribution < 1.29 is 13.9 Å². The van der Waals surface area contributed by atoms with Crippen LogP contribution >= 0.6 is 11.3 Å². The van der Waals surface area contributed by atoms with Crippen LogP contribution in [0.5, 0.6) is 5.75 Å². The van der Waals surface area contributed by atoms with E-state index in [0.29, 0.717) is 16.5 Å². The Morgan fingerprint density at radius 1 is 1.15 bits per heavy atom. The molecule has 4 rings (SSSR count). The Bertz CT molecular complexity index is 1190. The summed E-state index contributed by atoms with van der Waals surface area (Å²) in [6, 6.07) is 12.2. The fourth-order valence-electron chi connectivity index (χ4n) is 2.75. The van der Waals surface area contributed by atoms with Gasteiger partial charge in [-0.15, -0.1) is 0 Å². The van der Waals surface area contributed by atoms with Crippen LogP contribution in [0.3, 0.4) is 0 Å². The molecule has 0 unspecified atom stereocenters. The number of fused-ring (bicyclic) bond motifs is 2. The standard InChI is InChI=1S/C20H16N2O4S/c1-11-3-4-12(2)19-18(11)22-20(27-19)21-16(23)10-25-14-7-5-13-6-8-17(24)26-15(13)9-14/h3-9H,10H2,1-2H3,(H,21,22,23). The van der Waals surface area contributed by atoms with E-state index in [2.05, 4.69) is 10.3 Å². The van der Waals surface area contributed by atoms with Crippen LogP contribution in [-0.2, 0) is 4.79 Å². The Kier molecular flexibility index (Phi) is 4.37. The van der Waals surface area contributed by atoms with E-state index >= 15 is 0 Å². The molecule has 1 amide bonds. The van der Waals surface area contributed by atoms with Crippen LogP contribution in [0, 0.1) is 13.8 Å². The molecule has 0 bridgehead atoms. The predicted molar refractivity (Wildman–Crippen MR) is 106 cm³/mol. The van der Waals surface area contributed by atoms with Crippen LogP contribution in [0.4, 0.5) is 5.13 Å². The number of ether oxygens (including phenoxy) is 1. The summed E-state index contributed by atoms with van der Waals surface area (Å²) in [5.74, 6) is 0.141. The van der Waals surface area contributed by atoms with E-state index in [1.807, 2.05) is 26.0 Å². The number of carbonyl (C=O) groups is 1. The molecule has 136 valence electrons. The second-order valence-corrected chi connectivity index (χ2v) is 7.19. The number of hydrogen-bond donors (Lipinski definition) is 1. The topological polar surface area (TPSA) is 81.4 Å². The summed E-state index contributed by atoms with van der Waals surface area (Å²) in [4.78, 5) is 28.0. The lowest BCUT2D eigenvalue weighted by Crippen LogP contribution is -2.20. The molecule has 0 aliphatic heterocycles. The molecule has 2 aromatic heterocycles. The smallest absolute Gasteiger partial charge is 0.336 e. The van der Waals surface area contributed by atoms with Crippen molar-refractivity contribution in [3.8, 4) is 5.75 Å². The van der Waals surface area contributed by atoms with Crippen molar-refractivity contribution in [2.24, 2.45) is 0 Å². The number of rotatable bonds is 4. The first kappa shape index (κ1) is 17.2. The van der Waals surface area contributed by atoms with Crippen molar-refractivity contribution >= 4 is 43.6 Å². The number of thiazole rings is 1. The normalized spacial score (nSPS) is 11.0. The Labute approximate surface area is 158 Å². The lowest BCUT2D eigenvalue weighted by molar-refractivity contribution is -0.118. The average Bonchev–Trinajstić information content (AvgIpc) is 3.08. The zero-order valence-electron chi connectivity index (χ0n) is 14.7. The maximum atomic E-state index is 12.2. The van der Waals surface area contributed by atoms with Crippen molar-refractivity contribution in [3.05, 3.63) is 64.0 Å². The van der Waals surface area contributed by atoms with Crippen molar-refractivity contribution in [3.63, 3.8) is 0 Å². The Morgan fingerprint density at radius 3 is 2.74 bits per heavy atom. The van der Waals surface area contributed by atoms with Gasteiger partial charge in [-0.2, -0.15) is 0 Å². The number of hydrogen-bond acceptors (Lipinski definition) is 6. The minimum absolute atomic E-state index is 0.170. The summed E-state index contributed by atoms with van der Waals surface area (Å²) in [6.07, 6.45) is 0. The van der Waals surface area contributed by atoms with Crippen molar-refractivity contribution in [2.45, 2.75) is 13.8 Å². The third kappa shape index (κ3) is 3.54. The van der Waals surface area contributed by atoms with Gasteiger partial charge >= 0.3 is 5.63 Å². The van der Waals surface area contributed by atoms with Crippen molar-refractivity contribution in [1.82, 2.24) is 4.98 Å². The molecule has 0 aliphatic rings. The molecule has 0 fully saturated rings. The highest BCUT2D eigenvalue weighted by Crippen LogP contribution is 2.30. The number of anilines is 1. The molecule has 2 aromatic carbocycles. The Hall–Kier alpha value is -3.19.